The van der Waals surface area contributed by atoms with Gasteiger partial charge in [0.1, 0.15) is 6.79 Å². The Bertz CT molecular complexity index is 315. The smallest absolute Gasteiger partial charge is 0.146 e. The highest BCUT2D eigenvalue weighted by Gasteiger charge is 2.47. The summed E-state index contributed by atoms with van der Waals surface area (Å²) in [5, 5.41) is 9.96. The van der Waals surface area contributed by atoms with Gasteiger partial charge in [0.2, 0.25) is 0 Å². The molecule has 110 valence electrons. The Morgan fingerprint density at radius 1 is 1.32 bits per heavy atom. The Labute approximate surface area is 117 Å². The van der Waals surface area contributed by atoms with Crippen molar-refractivity contribution in [2.45, 2.75) is 33.1 Å². The van der Waals surface area contributed by atoms with E-state index in [0.29, 0.717) is 31.2 Å². The van der Waals surface area contributed by atoms with Crippen molar-refractivity contribution < 1.29 is 14.6 Å². The van der Waals surface area contributed by atoms with Gasteiger partial charge in [0.05, 0.1) is 6.61 Å². The van der Waals surface area contributed by atoms with Crippen LogP contribution in [0.15, 0.2) is 12.2 Å². The SMILES string of the molecule is COCOC[C@@H]1C=C[C@@H]2C[C@H](C)CC[C@H]2[C@]1(C)CO. The first-order chi connectivity index (χ1) is 9.11. The number of allylic oxidation sites excluding steroid dienone is 1. The highest BCUT2D eigenvalue weighted by atomic mass is 16.7. The van der Waals surface area contributed by atoms with Gasteiger partial charge < -0.3 is 14.6 Å². The summed E-state index contributed by atoms with van der Waals surface area (Å²) in [6.45, 7) is 5.78. The van der Waals surface area contributed by atoms with Crippen molar-refractivity contribution in [3.8, 4) is 0 Å². The predicted octanol–water partition coefficient (Wildman–Crippen LogP) is 2.84. The fourth-order valence-electron chi connectivity index (χ4n) is 3.97. The molecule has 1 saturated carbocycles. The molecule has 0 radical (unpaired) electrons. The Morgan fingerprint density at radius 3 is 2.79 bits per heavy atom. The molecule has 0 bridgehead atoms. The van der Waals surface area contributed by atoms with Gasteiger partial charge in [-0.05, 0) is 30.6 Å². The first kappa shape index (κ1) is 15.0. The number of hydrogen-bond acceptors (Lipinski definition) is 3. The van der Waals surface area contributed by atoms with E-state index in [-0.39, 0.29) is 12.0 Å². The normalized spacial score (nSPS) is 42.1. The van der Waals surface area contributed by atoms with Gasteiger partial charge in [0.15, 0.2) is 0 Å². The second-order valence-corrected chi connectivity index (χ2v) is 6.62. The average Bonchev–Trinajstić information content (AvgIpc) is 2.41. The highest BCUT2D eigenvalue weighted by Crippen LogP contribution is 2.51. The summed E-state index contributed by atoms with van der Waals surface area (Å²) in [6.07, 6.45) is 8.43. The van der Waals surface area contributed by atoms with Crippen LogP contribution >= 0.6 is 0 Å². The van der Waals surface area contributed by atoms with E-state index in [1.165, 1.54) is 19.3 Å². The quantitative estimate of drug-likeness (QED) is 0.473. The molecular weight excluding hydrogens is 240 g/mol. The third-order valence-electron chi connectivity index (χ3n) is 5.29. The topological polar surface area (TPSA) is 38.7 Å². The van der Waals surface area contributed by atoms with E-state index in [9.17, 15) is 5.11 Å². The minimum atomic E-state index is -0.0483. The zero-order valence-corrected chi connectivity index (χ0v) is 12.5. The molecule has 2 aliphatic carbocycles. The maximum atomic E-state index is 9.96. The Hall–Kier alpha value is -0.380. The molecule has 0 aromatic heterocycles. The highest BCUT2D eigenvalue weighted by molar-refractivity contribution is 5.11. The number of fused-ring (bicyclic) bond motifs is 1. The molecule has 0 unspecified atom stereocenters. The average molecular weight is 268 g/mol. The molecule has 2 aliphatic rings. The zero-order valence-electron chi connectivity index (χ0n) is 12.5. The molecule has 0 aromatic carbocycles. The first-order valence-electron chi connectivity index (χ1n) is 7.47. The molecule has 1 fully saturated rings. The van der Waals surface area contributed by atoms with Crippen LogP contribution in [0.5, 0.6) is 0 Å². The lowest BCUT2D eigenvalue weighted by atomic mass is 9.56. The van der Waals surface area contributed by atoms with Gasteiger partial charge in [-0.2, -0.15) is 0 Å². The summed E-state index contributed by atoms with van der Waals surface area (Å²) in [5.74, 6) is 2.34. The summed E-state index contributed by atoms with van der Waals surface area (Å²) < 4.78 is 10.5. The molecule has 0 heterocycles. The Balaban J connectivity index is 2.10. The fraction of sp³-hybridized carbons (Fsp3) is 0.875. The number of hydrogen-bond donors (Lipinski definition) is 1. The molecule has 5 atom stereocenters. The predicted molar refractivity (Wildman–Crippen MR) is 75.6 cm³/mol. The molecule has 0 aromatic rings. The van der Waals surface area contributed by atoms with Crippen LogP contribution in [-0.2, 0) is 9.47 Å². The van der Waals surface area contributed by atoms with E-state index in [1.54, 1.807) is 7.11 Å². The molecule has 3 heteroatoms. The molecule has 2 rings (SSSR count). The fourth-order valence-corrected chi connectivity index (χ4v) is 3.97. The minimum absolute atomic E-state index is 0.0483. The summed E-state index contributed by atoms with van der Waals surface area (Å²) in [4.78, 5) is 0. The van der Waals surface area contributed by atoms with Crippen LogP contribution in [0.25, 0.3) is 0 Å². The lowest BCUT2D eigenvalue weighted by Crippen LogP contribution is -2.47. The monoisotopic (exact) mass is 268 g/mol. The standard InChI is InChI=1S/C16H28O3/c1-12-4-7-15-13(8-12)5-6-14(9-19-11-18-3)16(15,2)10-17/h5-6,12-15,17H,4,7-11H2,1-3H3/t12-,13-,14+,15-,16-/m1/s1. The largest absolute Gasteiger partial charge is 0.396 e. The van der Waals surface area contributed by atoms with Crippen molar-refractivity contribution in [2.75, 3.05) is 27.1 Å². The van der Waals surface area contributed by atoms with Crippen molar-refractivity contribution in [3.63, 3.8) is 0 Å². The number of methoxy groups -OCH3 is 1. The number of aliphatic hydroxyl groups is 1. The minimum Gasteiger partial charge on any atom is -0.396 e. The van der Waals surface area contributed by atoms with E-state index < -0.39 is 0 Å². The summed E-state index contributed by atoms with van der Waals surface area (Å²) in [6, 6.07) is 0. The number of ether oxygens (including phenoxy) is 2. The molecule has 0 amide bonds. The number of aliphatic hydroxyl groups excluding tert-OH is 1. The van der Waals surface area contributed by atoms with Gasteiger partial charge in [0.25, 0.3) is 0 Å². The van der Waals surface area contributed by atoms with Crippen molar-refractivity contribution in [3.05, 3.63) is 12.2 Å². The van der Waals surface area contributed by atoms with E-state index in [0.717, 1.165) is 5.92 Å². The van der Waals surface area contributed by atoms with Crippen molar-refractivity contribution >= 4 is 0 Å². The lowest BCUT2D eigenvalue weighted by Gasteiger charge is -2.50. The Kier molecular flexibility index (Phi) is 5.04. The van der Waals surface area contributed by atoms with Gasteiger partial charge in [-0.3, -0.25) is 0 Å². The van der Waals surface area contributed by atoms with Gasteiger partial charge >= 0.3 is 0 Å². The van der Waals surface area contributed by atoms with Gasteiger partial charge in [-0.25, -0.2) is 0 Å². The van der Waals surface area contributed by atoms with E-state index in [2.05, 4.69) is 26.0 Å². The summed E-state index contributed by atoms with van der Waals surface area (Å²) in [7, 11) is 1.64. The maximum absolute atomic E-state index is 9.96. The van der Waals surface area contributed by atoms with E-state index >= 15 is 0 Å². The lowest BCUT2D eigenvalue weighted by molar-refractivity contribution is -0.0840. The van der Waals surface area contributed by atoms with Crippen LogP contribution in [0.4, 0.5) is 0 Å². The molecule has 19 heavy (non-hydrogen) atoms. The first-order valence-corrected chi connectivity index (χ1v) is 7.47. The number of rotatable bonds is 5. The third-order valence-corrected chi connectivity index (χ3v) is 5.29. The Morgan fingerprint density at radius 2 is 2.11 bits per heavy atom. The third kappa shape index (κ3) is 3.04. The van der Waals surface area contributed by atoms with Gasteiger partial charge in [-0.1, -0.05) is 32.4 Å². The molecule has 0 saturated heterocycles. The second kappa shape index (κ2) is 6.38. The van der Waals surface area contributed by atoms with Crippen molar-refractivity contribution in [2.24, 2.45) is 29.1 Å². The van der Waals surface area contributed by atoms with Crippen LogP contribution in [-0.4, -0.2) is 32.2 Å². The molecular formula is C16H28O3. The molecule has 3 nitrogen and oxygen atoms in total. The molecule has 0 spiro atoms. The van der Waals surface area contributed by atoms with Crippen molar-refractivity contribution in [1.29, 1.82) is 0 Å². The van der Waals surface area contributed by atoms with Crippen LogP contribution in [0.1, 0.15) is 33.1 Å². The van der Waals surface area contributed by atoms with Gasteiger partial charge in [0, 0.05) is 25.0 Å². The maximum Gasteiger partial charge on any atom is 0.146 e. The molecule has 1 N–H and O–H groups in total. The summed E-state index contributed by atoms with van der Waals surface area (Å²) in [5.41, 5.74) is -0.0483. The van der Waals surface area contributed by atoms with Crippen molar-refractivity contribution in [1.82, 2.24) is 0 Å². The second-order valence-electron chi connectivity index (χ2n) is 6.62. The molecule has 0 aliphatic heterocycles. The van der Waals surface area contributed by atoms with Gasteiger partial charge in [-0.15, -0.1) is 0 Å². The van der Waals surface area contributed by atoms with E-state index in [1.807, 2.05) is 0 Å². The summed E-state index contributed by atoms with van der Waals surface area (Å²) >= 11 is 0. The van der Waals surface area contributed by atoms with Crippen LogP contribution in [0, 0.1) is 29.1 Å². The van der Waals surface area contributed by atoms with Crippen LogP contribution in [0.3, 0.4) is 0 Å². The van der Waals surface area contributed by atoms with Crippen LogP contribution < -0.4 is 0 Å². The van der Waals surface area contributed by atoms with E-state index in [4.69, 9.17) is 9.47 Å². The van der Waals surface area contributed by atoms with Crippen LogP contribution in [0.2, 0.25) is 0 Å². The zero-order chi connectivity index (χ0) is 13.9.